The molecule has 0 N–H and O–H groups in total. The maximum atomic E-state index is 4.69. The molecule has 24 heavy (non-hydrogen) atoms. The van der Waals surface area contributed by atoms with Gasteiger partial charge in [-0.1, -0.05) is 0 Å². The summed E-state index contributed by atoms with van der Waals surface area (Å²) >= 11 is 0. The molecule has 8 nitrogen and oxygen atoms in total. The minimum absolute atomic E-state index is 0.665. The van der Waals surface area contributed by atoms with E-state index in [0.29, 0.717) is 5.78 Å². The van der Waals surface area contributed by atoms with Gasteiger partial charge in [0.05, 0.1) is 0 Å². The summed E-state index contributed by atoms with van der Waals surface area (Å²) in [5.74, 6) is 3.28. The van der Waals surface area contributed by atoms with Crippen molar-refractivity contribution in [2.24, 2.45) is 7.05 Å². The van der Waals surface area contributed by atoms with Crippen LogP contribution in [0.15, 0.2) is 6.07 Å². The zero-order valence-corrected chi connectivity index (χ0v) is 14.4. The van der Waals surface area contributed by atoms with E-state index in [2.05, 4.69) is 25.1 Å². The lowest BCUT2D eigenvalue weighted by molar-refractivity contribution is 0.681. The van der Waals surface area contributed by atoms with Gasteiger partial charge in [0.1, 0.15) is 5.82 Å². The topological polar surface area (TPSA) is 77.0 Å². The summed E-state index contributed by atoms with van der Waals surface area (Å²) in [6, 6.07) is 2.01. The molecule has 8 heteroatoms. The van der Waals surface area contributed by atoms with Gasteiger partial charge in [-0.05, 0) is 32.8 Å². The summed E-state index contributed by atoms with van der Waals surface area (Å²) < 4.78 is 3.67. The molecular formula is C16H22N8. The number of aryl methyl sites for hydroxylation is 5. The second-order valence-electron chi connectivity index (χ2n) is 6.42. The number of rotatable bonds is 4. The Bertz CT molecular complexity index is 872. The smallest absolute Gasteiger partial charge is 0.252 e. The van der Waals surface area contributed by atoms with Crippen molar-refractivity contribution in [3.8, 4) is 0 Å². The predicted octanol–water partition coefficient (Wildman–Crippen LogP) is 1.26. The van der Waals surface area contributed by atoms with Gasteiger partial charge in [-0.2, -0.15) is 9.97 Å². The average Bonchev–Trinajstić information content (AvgIpc) is 3.24. The lowest BCUT2D eigenvalue weighted by Gasteiger charge is -2.10. The minimum atomic E-state index is 0.665. The lowest BCUT2D eigenvalue weighted by Crippen LogP contribution is -2.19. The number of aromatic nitrogens is 7. The van der Waals surface area contributed by atoms with Crippen molar-refractivity contribution in [2.75, 3.05) is 18.0 Å². The first kappa shape index (κ1) is 15.0. The van der Waals surface area contributed by atoms with Crippen LogP contribution in [-0.2, 0) is 19.9 Å². The van der Waals surface area contributed by atoms with Crippen LogP contribution in [0.3, 0.4) is 0 Å². The van der Waals surface area contributed by atoms with Crippen LogP contribution in [0.1, 0.15) is 35.9 Å². The van der Waals surface area contributed by atoms with Gasteiger partial charge in [-0.25, -0.2) is 9.50 Å². The Kier molecular flexibility index (Phi) is 3.66. The van der Waals surface area contributed by atoms with Gasteiger partial charge in [0.25, 0.3) is 5.78 Å². The van der Waals surface area contributed by atoms with E-state index in [9.17, 15) is 0 Å². The molecule has 1 fully saturated rings. The van der Waals surface area contributed by atoms with Crippen LogP contribution in [0, 0.1) is 13.8 Å². The van der Waals surface area contributed by atoms with Crippen molar-refractivity contribution in [3.05, 3.63) is 29.1 Å². The molecule has 3 aromatic heterocycles. The van der Waals surface area contributed by atoms with Crippen LogP contribution in [0.2, 0.25) is 0 Å². The van der Waals surface area contributed by atoms with Gasteiger partial charge in [-0.3, -0.25) is 4.68 Å². The Morgan fingerprint density at radius 3 is 2.58 bits per heavy atom. The summed E-state index contributed by atoms with van der Waals surface area (Å²) in [6.07, 6.45) is 3.95. The Hall–Kier alpha value is -2.51. The zero-order valence-electron chi connectivity index (χ0n) is 14.4. The lowest BCUT2D eigenvalue weighted by atomic mass is 10.3. The highest BCUT2D eigenvalue weighted by Crippen LogP contribution is 2.16. The average molecular weight is 326 g/mol. The van der Waals surface area contributed by atoms with Gasteiger partial charge < -0.3 is 4.90 Å². The van der Waals surface area contributed by atoms with Gasteiger partial charge in [-0.15, -0.1) is 10.2 Å². The fourth-order valence-electron chi connectivity index (χ4n) is 3.21. The van der Waals surface area contributed by atoms with Gasteiger partial charge >= 0.3 is 0 Å². The highest BCUT2D eigenvalue weighted by atomic mass is 15.4. The van der Waals surface area contributed by atoms with E-state index in [-0.39, 0.29) is 0 Å². The summed E-state index contributed by atoms with van der Waals surface area (Å²) in [4.78, 5) is 15.9. The molecule has 1 saturated heterocycles. The number of fused-ring (bicyclic) bond motifs is 1. The molecule has 1 aliphatic rings. The van der Waals surface area contributed by atoms with Crippen molar-refractivity contribution in [3.63, 3.8) is 0 Å². The van der Waals surface area contributed by atoms with Crippen LogP contribution in [0.4, 0.5) is 5.95 Å². The van der Waals surface area contributed by atoms with Crippen LogP contribution in [0.25, 0.3) is 5.78 Å². The van der Waals surface area contributed by atoms with Gasteiger partial charge in [0.15, 0.2) is 5.82 Å². The molecule has 4 heterocycles. The first-order valence-electron chi connectivity index (χ1n) is 8.45. The van der Waals surface area contributed by atoms with Crippen LogP contribution in [-0.4, -0.2) is 47.4 Å². The first-order chi connectivity index (χ1) is 11.6. The standard InChI is InChI=1S/C16H22N8/c1-11-10-12(2)24-15(17-11)18-13(20-24)6-7-14-19-16(21-22(14)3)23-8-4-5-9-23/h10H,4-9H2,1-3H3. The third-order valence-corrected chi connectivity index (χ3v) is 4.47. The molecule has 0 aromatic carbocycles. The number of anilines is 1. The molecule has 0 unspecified atom stereocenters. The Labute approximate surface area is 140 Å². The molecule has 0 atom stereocenters. The Morgan fingerprint density at radius 2 is 1.79 bits per heavy atom. The predicted molar refractivity (Wildman–Crippen MR) is 90.1 cm³/mol. The monoisotopic (exact) mass is 326 g/mol. The number of nitrogens with zero attached hydrogens (tertiary/aromatic N) is 8. The summed E-state index contributed by atoms with van der Waals surface area (Å²) in [5, 5.41) is 9.10. The largest absolute Gasteiger partial charge is 0.340 e. The highest BCUT2D eigenvalue weighted by Gasteiger charge is 2.18. The molecule has 1 aliphatic heterocycles. The minimum Gasteiger partial charge on any atom is -0.340 e. The quantitative estimate of drug-likeness (QED) is 0.718. The van der Waals surface area contributed by atoms with Crippen LogP contribution >= 0.6 is 0 Å². The van der Waals surface area contributed by atoms with Gasteiger partial charge in [0, 0.05) is 44.4 Å². The van der Waals surface area contributed by atoms with E-state index >= 15 is 0 Å². The van der Waals surface area contributed by atoms with Crippen molar-refractivity contribution < 1.29 is 0 Å². The maximum absolute atomic E-state index is 4.69. The molecular weight excluding hydrogens is 304 g/mol. The molecule has 0 saturated carbocycles. The third-order valence-electron chi connectivity index (χ3n) is 4.47. The van der Waals surface area contributed by atoms with Crippen LogP contribution < -0.4 is 4.90 Å². The second kappa shape index (κ2) is 5.85. The molecule has 3 aromatic rings. The van der Waals surface area contributed by atoms with E-state index < -0.39 is 0 Å². The molecule has 0 amide bonds. The molecule has 4 rings (SSSR count). The van der Waals surface area contributed by atoms with E-state index in [1.54, 1.807) is 4.52 Å². The van der Waals surface area contributed by atoms with Gasteiger partial charge in [0.2, 0.25) is 5.95 Å². The summed E-state index contributed by atoms with van der Waals surface area (Å²) in [5.41, 5.74) is 2.01. The highest BCUT2D eigenvalue weighted by molar-refractivity contribution is 5.32. The molecule has 0 spiro atoms. The second-order valence-corrected chi connectivity index (χ2v) is 6.42. The van der Waals surface area contributed by atoms with E-state index in [1.807, 2.05) is 31.6 Å². The SMILES string of the molecule is Cc1cc(C)n2nc(CCc3nc(N4CCCC4)nn3C)nc2n1. The molecule has 126 valence electrons. The fourth-order valence-corrected chi connectivity index (χ4v) is 3.21. The van der Waals surface area contributed by atoms with Crippen molar-refractivity contribution in [1.29, 1.82) is 0 Å². The maximum Gasteiger partial charge on any atom is 0.252 e. The van der Waals surface area contributed by atoms with Crippen LogP contribution in [0.5, 0.6) is 0 Å². The van der Waals surface area contributed by atoms with E-state index in [1.165, 1.54) is 12.8 Å². The Balaban J connectivity index is 1.51. The summed E-state index contributed by atoms with van der Waals surface area (Å²) in [6.45, 7) is 6.11. The van der Waals surface area contributed by atoms with Crippen molar-refractivity contribution >= 4 is 11.7 Å². The number of hydrogen-bond acceptors (Lipinski definition) is 6. The summed E-state index contributed by atoms with van der Waals surface area (Å²) in [7, 11) is 1.95. The Morgan fingerprint density at radius 1 is 1.00 bits per heavy atom. The van der Waals surface area contributed by atoms with Crippen molar-refractivity contribution in [1.82, 2.24) is 34.3 Å². The fraction of sp³-hybridized carbons (Fsp3) is 0.562. The van der Waals surface area contributed by atoms with E-state index in [0.717, 1.165) is 54.9 Å². The molecule has 0 radical (unpaired) electrons. The normalized spacial score (nSPS) is 14.9. The van der Waals surface area contributed by atoms with Crippen molar-refractivity contribution in [2.45, 2.75) is 39.5 Å². The molecule has 0 aliphatic carbocycles. The zero-order chi connectivity index (χ0) is 16.7. The molecule has 0 bridgehead atoms. The third kappa shape index (κ3) is 2.72. The number of hydrogen-bond donors (Lipinski definition) is 0. The first-order valence-corrected chi connectivity index (χ1v) is 8.45. The van der Waals surface area contributed by atoms with E-state index in [4.69, 9.17) is 4.98 Å².